The molecule has 0 spiro atoms. The molecule has 0 bridgehead atoms. The highest BCUT2D eigenvalue weighted by molar-refractivity contribution is 5.46. The molecule has 0 aliphatic heterocycles. The second-order valence-corrected chi connectivity index (χ2v) is 8.84. The van der Waals surface area contributed by atoms with Gasteiger partial charge in [0.15, 0.2) is 11.6 Å². The predicted octanol–water partition coefficient (Wildman–Crippen LogP) is 6.96. The van der Waals surface area contributed by atoms with Crippen molar-refractivity contribution in [2.24, 2.45) is 0 Å². The summed E-state index contributed by atoms with van der Waals surface area (Å²) in [6, 6.07) is 13.5. The number of anilines is 1. The minimum Gasteiger partial charge on any atom is -0.490 e. The van der Waals surface area contributed by atoms with Crippen LogP contribution in [0.3, 0.4) is 0 Å². The second kappa shape index (κ2) is 18.7. The number of hydrogen-bond acceptors (Lipinski definition) is 6. The van der Waals surface area contributed by atoms with Crippen LogP contribution >= 0.6 is 0 Å². The van der Waals surface area contributed by atoms with Crippen LogP contribution in [-0.2, 0) is 23.2 Å². The van der Waals surface area contributed by atoms with E-state index in [9.17, 15) is 0 Å². The van der Waals surface area contributed by atoms with Crippen molar-refractivity contribution in [1.82, 2.24) is 9.97 Å². The average molecular weight is 546 g/mol. The number of halogens is 1. The number of ether oxygens (including phenoxy) is 2. The first-order valence-electron chi connectivity index (χ1n) is 13.4. The number of nitrogens with one attached hydrogen (secondary N) is 1. The van der Waals surface area contributed by atoms with Crippen molar-refractivity contribution < 1.29 is 25.6 Å². The zero-order valence-corrected chi connectivity index (χ0v) is 24.7. The number of aldehydes is 1. The van der Waals surface area contributed by atoms with E-state index in [2.05, 4.69) is 42.1 Å². The summed E-state index contributed by atoms with van der Waals surface area (Å²) in [6.07, 6.45) is 5.01. The highest BCUT2D eigenvalue weighted by atomic mass is 19.1. The highest BCUT2D eigenvalue weighted by Crippen LogP contribution is 2.37. The molecule has 0 amide bonds. The van der Waals surface area contributed by atoms with Crippen molar-refractivity contribution in [2.75, 3.05) is 19.0 Å². The molecular weight excluding hydrogens is 497 g/mol. The molecule has 3 N–H and O–H groups in total. The highest BCUT2D eigenvalue weighted by Gasteiger charge is 2.26. The van der Waals surface area contributed by atoms with Crippen molar-refractivity contribution in [3.63, 3.8) is 0 Å². The fourth-order valence-electron chi connectivity index (χ4n) is 3.72. The molecule has 0 aliphatic rings. The molecule has 0 fully saturated rings. The standard InChI is InChI=1S/C27H34FN3O2.C2H4O.C2H6.H2O.H2/c1-6-8-19-16-21(17-24(28)25(19)32-15-7-2)27(3,4)20-9-11-23(12-10-20)33-18-22-13-14-30-26(29-5)31-22;1-2-3;1-2;;/h9-14,16-17H,6-8,15,18H2,1-5H3,(H,29,30,31);2H,1H3;1-2H3;1H2;1H. The van der Waals surface area contributed by atoms with Crippen LogP contribution in [0.1, 0.15) is 85.1 Å². The lowest BCUT2D eigenvalue weighted by Crippen LogP contribution is -2.20. The van der Waals surface area contributed by atoms with Crippen molar-refractivity contribution in [1.29, 1.82) is 0 Å². The summed E-state index contributed by atoms with van der Waals surface area (Å²) in [4.78, 5) is 17.3. The molecule has 3 aromatic rings. The van der Waals surface area contributed by atoms with Gasteiger partial charge >= 0.3 is 0 Å². The molecule has 0 unspecified atom stereocenters. The first kappa shape index (κ1) is 35.5. The first-order valence-corrected chi connectivity index (χ1v) is 13.4. The van der Waals surface area contributed by atoms with E-state index in [1.807, 2.05) is 51.1 Å². The number of nitrogens with zero attached hydrogens (tertiary/aromatic N) is 2. The Hall–Kier alpha value is -3.52. The van der Waals surface area contributed by atoms with Crippen molar-refractivity contribution in [2.45, 2.75) is 79.8 Å². The normalized spacial score (nSPS) is 10.1. The number of benzene rings is 2. The van der Waals surface area contributed by atoms with Gasteiger partial charge in [0.25, 0.3) is 0 Å². The van der Waals surface area contributed by atoms with E-state index in [4.69, 9.17) is 14.3 Å². The third-order valence-corrected chi connectivity index (χ3v) is 5.71. The number of carbonyl (C=O) groups is 1. The summed E-state index contributed by atoms with van der Waals surface area (Å²) in [7, 11) is 1.78. The van der Waals surface area contributed by atoms with Crippen LogP contribution in [0.4, 0.5) is 10.3 Å². The van der Waals surface area contributed by atoms with Gasteiger partial charge in [0, 0.05) is 20.1 Å². The van der Waals surface area contributed by atoms with Crippen LogP contribution in [0.5, 0.6) is 11.5 Å². The Kier molecular flexibility index (Phi) is 17.0. The van der Waals surface area contributed by atoms with E-state index in [0.717, 1.165) is 53.7 Å². The minimum atomic E-state index is -0.375. The van der Waals surface area contributed by atoms with Crippen LogP contribution in [0, 0.1) is 5.82 Å². The van der Waals surface area contributed by atoms with Crippen molar-refractivity contribution >= 4 is 12.2 Å². The Bertz CT molecular complexity index is 1110. The molecule has 39 heavy (non-hydrogen) atoms. The molecule has 7 nitrogen and oxygen atoms in total. The Morgan fingerprint density at radius 1 is 1.03 bits per heavy atom. The molecule has 1 heterocycles. The zero-order valence-electron chi connectivity index (χ0n) is 24.7. The van der Waals surface area contributed by atoms with E-state index in [1.54, 1.807) is 19.3 Å². The van der Waals surface area contributed by atoms with E-state index < -0.39 is 0 Å². The third-order valence-electron chi connectivity index (χ3n) is 5.71. The number of hydrogen-bond donors (Lipinski definition) is 1. The third kappa shape index (κ3) is 10.6. The quantitative estimate of drug-likeness (QED) is 0.261. The van der Waals surface area contributed by atoms with Gasteiger partial charge in [-0.2, -0.15) is 0 Å². The summed E-state index contributed by atoms with van der Waals surface area (Å²) >= 11 is 0. The summed E-state index contributed by atoms with van der Waals surface area (Å²) in [5.74, 6) is 1.42. The summed E-state index contributed by atoms with van der Waals surface area (Å²) in [6.45, 7) is 14.7. The van der Waals surface area contributed by atoms with E-state index in [0.29, 0.717) is 24.9 Å². The Labute approximate surface area is 235 Å². The van der Waals surface area contributed by atoms with Gasteiger partial charge in [0.05, 0.1) is 12.3 Å². The van der Waals surface area contributed by atoms with Gasteiger partial charge in [-0.05, 0) is 60.7 Å². The largest absolute Gasteiger partial charge is 0.490 e. The van der Waals surface area contributed by atoms with Crippen LogP contribution in [0.15, 0.2) is 48.7 Å². The topological polar surface area (TPSA) is 105 Å². The number of aryl methyl sites for hydroxylation is 1. The molecule has 218 valence electrons. The predicted molar refractivity (Wildman–Crippen MR) is 159 cm³/mol. The molecule has 2 aromatic carbocycles. The van der Waals surface area contributed by atoms with Gasteiger partial charge in [-0.25, -0.2) is 14.4 Å². The number of aromatic nitrogens is 2. The van der Waals surface area contributed by atoms with Gasteiger partial charge in [0.2, 0.25) is 5.95 Å². The maximum absolute atomic E-state index is 15.0. The molecule has 0 saturated heterocycles. The summed E-state index contributed by atoms with van der Waals surface area (Å²) < 4.78 is 26.6. The van der Waals surface area contributed by atoms with Crippen LogP contribution in [0.25, 0.3) is 0 Å². The van der Waals surface area contributed by atoms with Gasteiger partial charge in [-0.3, -0.25) is 0 Å². The van der Waals surface area contributed by atoms with Crippen LogP contribution in [0.2, 0.25) is 0 Å². The van der Waals surface area contributed by atoms with Gasteiger partial charge in [-0.15, -0.1) is 0 Å². The smallest absolute Gasteiger partial charge is 0.222 e. The molecular formula is C31H48FN3O4. The Morgan fingerprint density at radius 3 is 2.23 bits per heavy atom. The molecule has 0 atom stereocenters. The first-order chi connectivity index (χ1) is 18.3. The Morgan fingerprint density at radius 2 is 1.67 bits per heavy atom. The molecule has 1 aromatic heterocycles. The fraction of sp³-hybridized carbons (Fsp3) is 0.452. The Balaban J connectivity index is 0. The molecule has 8 heteroatoms. The lowest BCUT2D eigenvalue weighted by atomic mass is 9.77. The van der Waals surface area contributed by atoms with Crippen LogP contribution < -0.4 is 14.8 Å². The zero-order chi connectivity index (χ0) is 28.6. The molecule has 3 rings (SSSR count). The number of rotatable bonds is 11. The second-order valence-electron chi connectivity index (χ2n) is 8.84. The SMILES string of the molecule is CC.CC=O.CCCOc1c(F)cc(C(C)(C)c2ccc(OCc3ccnc(NC)n3)cc2)cc1CCC.O.[HH]. The van der Waals surface area contributed by atoms with E-state index in [-0.39, 0.29) is 18.1 Å². The van der Waals surface area contributed by atoms with E-state index in [1.165, 1.54) is 6.92 Å². The maximum atomic E-state index is 15.0. The summed E-state index contributed by atoms with van der Waals surface area (Å²) in [5, 5.41) is 2.92. The van der Waals surface area contributed by atoms with E-state index >= 15 is 4.39 Å². The summed E-state index contributed by atoms with van der Waals surface area (Å²) in [5.41, 5.74) is 3.36. The number of carbonyl (C=O) groups excluding carboxylic acids is 1. The monoisotopic (exact) mass is 545 g/mol. The maximum Gasteiger partial charge on any atom is 0.222 e. The van der Waals surface area contributed by atoms with Gasteiger partial charge in [0.1, 0.15) is 18.6 Å². The average Bonchev–Trinajstić information content (AvgIpc) is 2.93. The fourth-order valence-corrected chi connectivity index (χ4v) is 3.72. The van der Waals surface area contributed by atoms with Crippen molar-refractivity contribution in [3.8, 4) is 11.5 Å². The van der Waals surface area contributed by atoms with Gasteiger partial charge in [-0.1, -0.05) is 66.2 Å². The van der Waals surface area contributed by atoms with Gasteiger partial charge < -0.3 is 25.1 Å². The van der Waals surface area contributed by atoms with Crippen LogP contribution in [-0.4, -0.2) is 35.4 Å². The molecule has 0 aliphatic carbocycles. The van der Waals surface area contributed by atoms with Crippen molar-refractivity contribution in [3.05, 3.63) is 76.9 Å². The molecule has 0 saturated carbocycles. The lowest BCUT2D eigenvalue weighted by molar-refractivity contribution is -0.106. The molecule has 0 radical (unpaired) electrons. The minimum absolute atomic E-state index is 0. The lowest BCUT2D eigenvalue weighted by Gasteiger charge is -2.28.